The van der Waals surface area contributed by atoms with Crippen molar-refractivity contribution in [2.45, 2.75) is 25.4 Å². The van der Waals surface area contributed by atoms with Gasteiger partial charge in [-0.05, 0) is 41.0 Å². The number of anilines is 1. The standard InChI is InChI=1S/C26H24N4O4/c1-29(26(34)27-19-10-9-16-5-2-3-6-17(16)13-19)14-18-7-4-8-20-21(18)15-30(25(20)33)22-11-12-23(31)28-24(22)32/h2-10,13,15,22,33H,11-12,14H2,1H3,(H,27,34)(H,28,31,32). The minimum Gasteiger partial charge on any atom is -0.494 e. The molecule has 172 valence electrons. The summed E-state index contributed by atoms with van der Waals surface area (Å²) in [6, 6.07) is 18.2. The van der Waals surface area contributed by atoms with Crippen molar-refractivity contribution < 1.29 is 19.5 Å². The highest BCUT2D eigenvalue weighted by atomic mass is 16.3. The van der Waals surface area contributed by atoms with Gasteiger partial charge in [0.1, 0.15) is 6.04 Å². The summed E-state index contributed by atoms with van der Waals surface area (Å²) in [5.74, 6) is -0.771. The van der Waals surface area contributed by atoms with Crippen molar-refractivity contribution in [3.05, 3.63) is 72.4 Å². The molecule has 34 heavy (non-hydrogen) atoms. The van der Waals surface area contributed by atoms with Crippen LogP contribution in [-0.2, 0) is 16.1 Å². The minimum atomic E-state index is -0.660. The van der Waals surface area contributed by atoms with Crippen molar-refractivity contribution in [3.63, 3.8) is 0 Å². The third-order valence-corrected chi connectivity index (χ3v) is 6.25. The molecule has 1 aromatic heterocycles. The van der Waals surface area contributed by atoms with Crippen LogP contribution in [0.15, 0.2) is 66.9 Å². The monoisotopic (exact) mass is 456 g/mol. The van der Waals surface area contributed by atoms with E-state index in [1.54, 1.807) is 30.3 Å². The van der Waals surface area contributed by atoms with Gasteiger partial charge in [-0.15, -0.1) is 0 Å². The number of nitrogens with zero attached hydrogens (tertiary/aromatic N) is 2. The largest absolute Gasteiger partial charge is 0.494 e. The Bertz CT molecular complexity index is 1440. The Morgan fingerprint density at radius 3 is 2.68 bits per heavy atom. The summed E-state index contributed by atoms with van der Waals surface area (Å²) in [6.07, 6.45) is 2.26. The molecule has 1 saturated heterocycles. The minimum absolute atomic E-state index is 0.0328. The molecule has 0 radical (unpaired) electrons. The van der Waals surface area contributed by atoms with E-state index in [-0.39, 0.29) is 24.2 Å². The molecule has 3 aromatic carbocycles. The Kier molecular flexibility index (Phi) is 5.41. The molecule has 1 aliphatic heterocycles. The van der Waals surface area contributed by atoms with Gasteiger partial charge in [-0.3, -0.25) is 14.9 Å². The molecule has 5 rings (SSSR count). The van der Waals surface area contributed by atoms with E-state index < -0.39 is 11.9 Å². The number of aromatic nitrogens is 1. The lowest BCUT2D eigenvalue weighted by molar-refractivity contribution is -0.135. The zero-order valence-electron chi connectivity index (χ0n) is 18.6. The van der Waals surface area contributed by atoms with Gasteiger partial charge >= 0.3 is 6.03 Å². The van der Waals surface area contributed by atoms with E-state index in [9.17, 15) is 19.5 Å². The zero-order valence-corrected chi connectivity index (χ0v) is 18.6. The predicted molar refractivity (Wildman–Crippen MR) is 129 cm³/mol. The van der Waals surface area contributed by atoms with E-state index in [4.69, 9.17) is 0 Å². The van der Waals surface area contributed by atoms with Crippen LogP contribution in [0, 0.1) is 0 Å². The average Bonchev–Trinajstić information content (AvgIpc) is 3.16. The van der Waals surface area contributed by atoms with Gasteiger partial charge in [0.15, 0.2) is 5.88 Å². The second-order valence-corrected chi connectivity index (χ2v) is 8.55. The molecule has 1 atom stereocenters. The normalized spacial score (nSPS) is 16.0. The van der Waals surface area contributed by atoms with Crippen LogP contribution in [0.25, 0.3) is 21.5 Å². The van der Waals surface area contributed by atoms with E-state index in [2.05, 4.69) is 10.6 Å². The zero-order chi connectivity index (χ0) is 23.8. The molecule has 0 saturated carbocycles. The lowest BCUT2D eigenvalue weighted by Gasteiger charge is -2.22. The summed E-state index contributed by atoms with van der Waals surface area (Å²) in [5.41, 5.74) is 1.53. The molecule has 8 heteroatoms. The van der Waals surface area contributed by atoms with Gasteiger partial charge in [0.05, 0.1) is 0 Å². The molecule has 1 aliphatic rings. The van der Waals surface area contributed by atoms with Crippen LogP contribution in [0.5, 0.6) is 5.88 Å². The van der Waals surface area contributed by atoms with Gasteiger partial charge in [0.25, 0.3) is 0 Å². The summed E-state index contributed by atoms with van der Waals surface area (Å²) in [5, 5.41) is 19.5. The van der Waals surface area contributed by atoms with Gasteiger partial charge in [0.2, 0.25) is 11.8 Å². The number of piperidine rings is 1. The van der Waals surface area contributed by atoms with Crippen LogP contribution in [0.4, 0.5) is 10.5 Å². The highest BCUT2D eigenvalue weighted by Gasteiger charge is 2.30. The smallest absolute Gasteiger partial charge is 0.321 e. The number of carbonyl (C=O) groups excluding carboxylic acids is 3. The fourth-order valence-electron chi connectivity index (χ4n) is 4.44. The molecule has 8 nitrogen and oxygen atoms in total. The highest BCUT2D eigenvalue weighted by Crippen LogP contribution is 2.35. The first kappa shape index (κ1) is 21.5. The molecule has 3 N–H and O–H groups in total. The number of urea groups is 1. The molecule has 0 aliphatic carbocycles. The lowest BCUT2D eigenvalue weighted by atomic mass is 10.1. The number of aromatic hydroxyl groups is 1. The summed E-state index contributed by atoms with van der Waals surface area (Å²) in [4.78, 5) is 38.2. The molecule has 4 amide bonds. The van der Waals surface area contributed by atoms with Crippen LogP contribution >= 0.6 is 0 Å². The first-order valence-electron chi connectivity index (χ1n) is 11.1. The van der Waals surface area contributed by atoms with Crippen molar-refractivity contribution in [1.82, 2.24) is 14.8 Å². The Morgan fingerprint density at radius 1 is 1.09 bits per heavy atom. The molecule has 1 unspecified atom stereocenters. The van der Waals surface area contributed by atoms with Crippen molar-refractivity contribution in [1.29, 1.82) is 0 Å². The number of fused-ring (bicyclic) bond motifs is 2. The van der Waals surface area contributed by atoms with Crippen LogP contribution in [0.3, 0.4) is 0 Å². The quantitative estimate of drug-likeness (QED) is 0.402. The maximum Gasteiger partial charge on any atom is 0.321 e. The number of imide groups is 1. The summed E-state index contributed by atoms with van der Waals surface area (Å²) in [7, 11) is 1.70. The SMILES string of the molecule is CN(Cc1cccc2c(O)n(C3CCC(=O)NC3=O)cc12)C(=O)Nc1ccc2ccccc2c1. The van der Waals surface area contributed by atoms with Gasteiger partial charge < -0.3 is 19.9 Å². The number of nitrogens with one attached hydrogen (secondary N) is 2. The third kappa shape index (κ3) is 3.94. The van der Waals surface area contributed by atoms with Crippen molar-refractivity contribution in [2.75, 3.05) is 12.4 Å². The van der Waals surface area contributed by atoms with Crippen molar-refractivity contribution >= 4 is 45.1 Å². The van der Waals surface area contributed by atoms with E-state index in [1.807, 2.05) is 48.5 Å². The number of hydrogen-bond donors (Lipinski definition) is 3. The Balaban J connectivity index is 1.37. The highest BCUT2D eigenvalue weighted by molar-refractivity contribution is 6.00. The lowest BCUT2D eigenvalue weighted by Crippen LogP contribution is -2.41. The van der Waals surface area contributed by atoms with E-state index in [1.165, 1.54) is 4.57 Å². The second kappa shape index (κ2) is 8.55. The fraction of sp³-hybridized carbons (Fsp3) is 0.192. The average molecular weight is 457 g/mol. The van der Waals surface area contributed by atoms with Crippen LogP contribution in [-0.4, -0.2) is 39.5 Å². The first-order valence-corrected chi connectivity index (χ1v) is 11.1. The van der Waals surface area contributed by atoms with E-state index in [0.717, 1.165) is 21.7 Å². The number of hydrogen-bond acceptors (Lipinski definition) is 4. The Hall–Kier alpha value is -4.33. The van der Waals surface area contributed by atoms with Crippen LogP contribution in [0.1, 0.15) is 24.4 Å². The van der Waals surface area contributed by atoms with Crippen LogP contribution < -0.4 is 10.6 Å². The second-order valence-electron chi connectivity index (χ2n) is 8.55. The van der Waals surface area contributed by atoms with Crippen molar-refractivity contribution in [2.24, 2.45) is 0 Å². The van der Waals surface area contributed by atoms with Gasteiger partial charge in [0, 0.05) is 42.7 Å². The number of amides is 4. The van der Waals surface area contributed by atoms with Gasteiger partial charge in [-0.1, -0.05) is 42.5 Å². The Labute approximate surface area is 195 Å². The van der Waals surface area contributed by atoms with Gasteiger partial charge in [-0.2, -0.15) is 0 Å². The molecule has 1 fully saturated rings. The number of rotatable bonds is 4. The fourth-order valence-corrected chi connectivity index (χ4v) is 4.44. The van der Waals surface area contributed by atoms with E-state index >= 15 is 0 Å². The molecule has 2 heterocycles. The number of benzene rings is 3. The molecule has 0 bridgehead atoms. The predicted octanol–water partition coefficient (Wildman–Crippen LogP) is 4.14. The molecular weight excluding hydrogens is 432 g/mol. The Morgan fingerprint density at radius 2 is 1.88 bits per heavy atom. The molecule has 0 spiro atoms. The first-order chi connectivity index (χ1) is 16.4. The van der Waals surface area contributed by atoms with Gasteiger partial charge in [-0.25, -0.2) is 4.79 Å². The summed E-state index contributed by atoms with van der Waals surface area (Å²) in [6.45, 7) is 0.301. The maximum atomic E-state index is 12.9. The maximum absolute atomic E-state index is 12.9. The van der Waals surface area contributed by atoms with Crippen LogP contribution in [0.2, 0.25) is 0 Å². The molecular formula is C26H24N4O4. The summed E-state index contributed by atoms with van der Waals surface area (Å²) >= 11 is 0. The molecule has 4 aromatic rings. The summed E-state index contributed by atoms with van der Waals surface area (Å²) < 4.78 is 1.51. The van der Waals surface area contributed by atoms with E-state index in [0.29, 0.717) is 24.0 Å². The van der Waals surface area contributed by atoms with Crippen molar-refractivity contribution in [3.8, 4) is 5.88 Å². The third-order valence-electron chi connectivity index (χ3n) is 6.25. The topological polar surface area (TPSA) is 104 Å². The number of carbonyl (C=O) groups is 3.